The highest BCUT2D eigenvalue weighted by Crippen LogP contribution is 2.38. The van der Waals surface area contributed by atoms with Gasteiger partial charge in [0, 0.05) is 13.1 Å². The zero-order valence-corrected chi connectivity index (χ0v) is 28.9. The number of aryl methyl sites for hydroxylation is 1. The first-order chi connectivity index (χ1) is 22.9. The summed E-state index contributed by atoms with van der Waals surface area (Å²) in [4.78, 5) is 21.2. The Morgan fingerprint density at radius 3 is 2.18 bits per heavy atom. The summed E-state index contributed by atoms with van der Waals surface area (Å²) in [7, 11) is -4.02. The number of rotatable bonds is 10. The quantitative estimate of drug-likeness (QED) is 0.146. The molecule has 2 saturated heterocycles. The van der Waals surface area contributed by atoms with Crippen molar-refractivity contribution in [1.29, 1.82) is 0 Å². The molecular formula is C33H40F6N4O4S2. The van der Waals surface area contributed by atoms with E-state index in [0.29, 0.717) is 44.4 Å². The van der Waals surface area contributed by atoms with Crippen LogP contribution in [0.4, 0.5) is 31.1 Å². The number of piperidine rings is 1. The van der Waals surface area contributed by atoms with Gasteiger partial charge in [0.05, 0.1) is 27.5 Å². The molecule has 2 aromatic carbocycles. The van der Waals surface area contributed by atoms with Gasteiger partial charge in [-0.05, 0) is 93.5 Å². The Bertz CT molecular complexity index is 1610. The fourth-order valence-corrected chi connectivity index (χ4v) is 6.38. The maximum absolute atomic E-state index is 13.5. The Balaban J connectivity index is 0.000000501. The average Bonchev–Trinajstić information content (AvgIpc) is 3.37. The van der Waals surface area contributed by atoms with Gasteiger partial charge in [0.25, 0.3) is 15.4 Å². The van der Waals surface area contributed by atoms with Gasteiger partial charge in [0.15, 0.2) is 0 Å². The average molecular weight is 735 g/mol. The molecule has 0 unspecified atom stereocenters. The standard InChI is InChI=1S/C26H32F6N4OS.C7H8O3S/c1-3-35(4-2)12-6-5-11-33-23-22(38-24(37)34-23)15-18-9-13-36(14-10-18)17-19-7-8-20(25(27,28)29)16-21(19)26(30,31)32;1-6-2-4-7(5-3-6)11(8,9)10/h5-8,15-16,18H,3-4,9-14,17H2,1-2H3,(H,33,34,37);2-5H,1H3,(H,8,9,10). The van der Waals surface area contributed by atoms with E-state index in [4.69, 9.17) is 4.55 Å². The molecule has 4 rings (SSSR count). The second-order valence-corrected chi connectivity index (χ2v) is 13.9. The molecule has 2 heterocycles. The third-order valence-corrected chi connectivity index (χ3v) is 9.62. The van der Waals surface area contributed by atoms with Crippen LogP contribution < -0.4 is 5.32 Å². The third kappa shape index (κ3) is 12.9. The number of alkyl halides is 6. The number of hydrogen-bond acceptors (Lipinski definition) is 7. The predicted molar refractivity (Wildman–Crippen MR) is 179 cm³/mol. The van der Waals surface area contributed by atoms with E-state index in [2.05, 4.69) is 29.1 Å². The summed E-state index contributed by atoms with van der Waals surface area (Å²) in [5.41, 5.74) is -1.78. The SMILES string of the molecule is CCN(CC)CC=CCN=C1NC(=O)SC1=CC1CCN(Cc2ccc(C(F)(F)F)cc2C(F)(F)F)CC1.Cc1ccc(S(=O)(=O)O)cc1. The van der Waals surface area contributed by atoms with Gasteiger partial charge in [-0.1, -0.05) is 55.8 Å². The van der Waals surface area contributed by atoms with E-state index in [1.165, 1.54) is 12.1 Å². The predicted octanol–water partition coefficient (Wildman–Crippen LogP) is 7.81. The summed E-state index contributed by atoms with van der Waals surface area (Å²) in [5, 5.41) is 2.55. The lowest BCUT2D eigenvalue weighted by Gasteiger charge is -2.31. The normalized spacial score (nSPS) is 18.4. The molecule has 0 spiro atoms. The molecular weight excluding hydrogens is 695 g/mol. The summed E-state index contributed by atoms with van der Waals surface area (Å²) in [6.45, 7) is 10.1. The van der Waals surface area contributed by atoms with E-state index < -0.39 is 33.6 Å². The molecule has 0 atom stereocenters. The number of carbonyl (C=O) groups is 1. The molecule has 2 aliphatic rings. The van der Waals surface area contributed by atoms with Crippen molar-refractivity contribution in [2.75, 3.05) is 39.3 Å². The fourth-order valence-electron chi connectivity index (χ4n) is 5.08. The van der Waals surface area contributed by atoms with Gasteiger partial charge in [0.1, 0.15) is 5.84 Å². The zero-order chi connectivity index (χ0) is 36.4. The number of nitrogens with one attached hydrogen (secondary N) is 1. The lowest BCUT2D eigenvalue weighted by atomic mass is 9.95. The highest BCUT2D eigenvalue weighted by molar-refractivity contribution is 8.18. The molecule has 0 aliphatic carbocycles. The van der Waals surface area contributed by atoms with Crippen LogP contribution in [-0.2, 0) is 29.0 Å². The smallest absolute Gasteiger partial charge is 0.300 e. The topological polar surface area (TPSA) is 102 Å². The number of hydrogen-bond donors (Lipinski definition) is 2. The van der Waals surface area contributed by atoms with Crippen molar-refractivity contribution in [2.24, 2.45) is 10.9 Å². The minimum absolute atomic E-state index is 0.0666. The second-order valence-electron chi connectivity index (χ2n) is 11.5. The van der Waals surface area contributed by atoms with Crippen molar-refractivity contribution >= 4 is 33.0 Å². The van der Waals surface area contributed by atoms with Crippen molar-refractivity contribution in [3.05, 3.63) is 87.9 Å². The molecule has 2 fully saturated rings. The number of allylic oxidation sites excluding steroid dienone is 1. The number of likely N-dealkylation sites (tertiary alicyclic amines) is 1. The van der Waals surface area contributed by atoms with E-state index in [0.717, 1.165) is 47.9 Å². The van der Waals surface area contributed by atoms with Crippen LogP contribution in [0, 0.1) is 12.8 Å². The minimum Gasteiger partial charge on any atom is -0.300 e. The van der Waals surface area contributed by atoms with Gasteiger partial charge in [0.2, 0.25) is 0 Å². The van der Waals surface area contributed by atoms with Crippen LogP contribution in [0.3, 0.4) is 0 Å². The summed E-state index contributed by atoms with van der Waals surface area (Å²) >= 11 is 1.07. The summed E-state index contributed by atoms with van der Waals surface area (Å²) < 4.78 is 109. The van der Waals surface area contributed by atoms with Crippen molar-refractivity contribution in [3.8, 4) is 0 Å². The summed E-state index contributed by atoms with van der Waals surface area (Å²) in [5.74, 6) is 0.633. The van der Waals surface area contributed by atoms with E-state index in [1.54, 1.807) is 12.1 Å². The van der Waals surface area contributed by atoms with Crippen LogP contribution in [0.1, 0.15) is 48.9 Å². The third-order valence-electron chi connectivity index (χ3n) is 7.91. The highest BCUT2D eigenvalue weighted by Gasteiger charge is 2.38. The number of likely N-dealkylation sites (N-methyl/N-ethyl adjacent to an activating group) is 1. The van der Waals surface area contributed by atoms with E-state index >= 15 is 0 Å². The van der Waals surface area contributed by atoms with E-state index in [1.807, 2.05) is 30.1 Å². The van der Waals surface area contributed by atoms with Gasteiger partial charge < -0.3 is 10.2 Å². The molecule has 0 saturated carbocycles. The lowest BCUT2D eigenvalue weighted by molar-refractivity contribution is -0.143. The molecule has 49 heavy (non-hydrogen) atoms. The molecule has 0 aromatic heterocycles. The highest BCUT2D eigenvalue weighted by atomic mass is 32.2. The number of benzene rings is 2. The Hall–Kier alpha value is -3.18. The van der Waals surface area contributed by atoms with Gasteiger partial charge in [-0.2, -0.15) is 34.8 Å². The number of thioether (sulfide) groups is 1. The number of halogens is 6. The van der Waals surface area contributed by atoms with Crippen LogP contribution in [0.5, 0.6) is 0 Å². The fraction of sp³-hybridized carbons (Fsp3) is 0.455. The molecule has 2 aromatic rings. The van der Waals surface area contributed by atoms with Gasteiger partial charge in [-0.3, -0.25) is 19.2 Å². The van der Waals surface area contributed by atoms with Crippen LogP contribution in [0.25, 0.3) is 0 Å². The Morgan fingerprint density at radius 2 is 1.63 bits per heavy atom. The second kappa shape index (κ2) is 17.7. The molecule has 2 N–H and O–H groups in total. The maximum Gasteiger partial charge on any atom is 0.416 e. The van der Waals surface area contributed by atoms with Crippen molar-refractivity contribution in [1.82, 2.24) is 15.1 Å². The Morgan fingerprint density at radius 1 is 1.00 bits per heavy atom. The van der Waals surface area contributed by atoms with Crippen molar-refractivity contribution in [3.63, 3.8) is 0 Å². The Kier molecular flexibility index (Phi) is 14.5. The van der Waals surface area contributed by atoms with E-state index in [9.17, 15) is 39.6 Å². The van der Waals surface area contributed by atoms with Crippen LogP contribution in [0.2, 0.25) is 0 Å². The summed E-state index contributed by atoms with van der Waals surface area (Å²) in [6, 6.07) is 7.79. The molecule has 8 nitrogen and oxygen atoms in total. The maximum atomic E-state index is 13.5. The van der Waals surface area contributed by atoms with Crippen LogP contribution >= 0.6 is 11.8 Å². The van der Waals surface area contributed by atoms with E-state index in [-0.39, 0.29) is 34.2 Å². The van der Waals surface area contributed by atoms with Crippen LogP contribution in [-0.4, -0.2) is 73.1 Å². The first kappa shape index (κ1) is 40.3. The van der Waals surface area contributed by atoms with Gasteiger partial charge >= 0.3 is 12.4 Å². The number of amides is 1. The first-order valence-electron chi connectivity index (χ1n) is 15.6. The molecule has 16 heteroatoms. The van der Waals surface area contributed by atoms with Crippen LogP contribution in [0.15, 0.2) is 75.5 Å². The van der Waals surface area contributed by atoms with Crippen molar-refractivity contribution < 1.29 is 44.1 Å². The number of nitrogens with zero attached hydrogens (tertiary/aromatic N) is 3. The molecule has 270 valence electrons. The number of carbonyl (C=O) groups excluding carboxylic acids is 1. The largest absolute Gasteiger partial charge is 0.416 e. The number of aliphatic imine (C=N–C) groups is 1. The molecule has 1 amide bonds. The first-order valence-corrected chi connectivity index (χ1v) is 17.8. The van der Waals surface area contributed by atoms with Gasteiger partial charge in [-0.15, -0.1) is 0 Å². The minimum atomic E-state index is -4.88. The number of amidine groups is 1. The van der Waals surface area contributed by atoms with Gasteiger partial charge in [-0.25, -0.2) is 0 Å². The Labute approximate surface area is 287 Å². The molecule has 0 bridgehead atoms. The van der Waals surface area contributed by atoms with Crippen molar-refractivity contribution in [2.45, 2.75) is 57.4 Å². The lowest BCUT2D eigenvalue weighted by Crippen LogP contribution is -2.33. The molecule has 0 radical (unpaired) electrons. The molecule has 2 aliphatic heterocycles. The zero-order valence-electron chi connectivity index (χ0n) is 27.3. The monoisotopic (exact) mass is 734 g/mol. The summed E-state index contributed by atoms with van der Waals surface area (Å²) in [6.07, 6.45) is -2.45.